The molecule has 0 amide bonds. The Hall–Kier alpha value is -3.25. The summed E-state index contributed by atoms with van der Waals surface area (Å²) in [6.07, 6.45) is 5.99. The van der Waals surface area contributed by atoms with Crippen LogP contribution < -0.4 is 10.3 Å². The lowest BCUT2D eigenvalue weighted by Crippen LogP contribution is -2.38. The van der Waals surface area contributed by atoms with Crippen molar-refractivity contribution in [3.05, 3.63) is 40.1 Å². The van der Waals surface area contributed by atoms with E-state index in [0.29, 0.717) is 67.3 Å². The van der Waals surface area contributed by atoms with Gasteiger partial charge < -0.3 is 14.6 Å². The van der Waals surface area contributed by atoms with Gasteiger partial charge in [-0.2, -0.15) is 4.31 Å². The highest BCUT2D eigenvalue weighted by Gasteiger charge is 2.29. The van der Waals surface area contributed by atoms with E-state index in [0.717, 1.165) is 31.4 Å². The molecule has 3 heterocycles. The number of rotatable bonds is 11. The molecule has 1 fully saturated rings. The zero-order chi connectivity index (χ0) is 27.3. The third-order valence-electron chi connectivity index (χ3n) is 6.66. The Morgan fingerprint density at radius 2 is 1.89 bits per heavy atom. The van der Waals surface area contributed by atoms with Crippen molar-refractivity contribution in [2.24, 2.45) is 5.16 Å². The lowest BCUT2D eigenvalue weighted by Gasteiger charge is -2.27. The molecular weight excluding hydrogens is 508 g/mol. The topological polar surface area (TPSA) is 131 Å². The molecule has 1 aromatic carbocycles. The van der Waals surface area contributed by atoms with Gasteiger partial charge in [0.2, 0.25) is 10.0 Å². The maximum absolute atomic E-state index is 13.5. The molecule has 11 nitrogen and oxygen atoms in total. The number of imidazole rings is 1. The third-order valence-corrected chi connectivity index (χ3v) is 8.56. The van der Waals surface area contributed by atoms with E-state index in [1.54, 1.807) is 17.5 Å². The van der Waals surface area contributed by atoms with Crippen LogP contribution in [-0.4, -0.2) is 64.8 Å². The van der Waals surface area contributed by atoms with Gasteiger partial charge in [-0.25, -0.2) is 17.9 Å². The first-order valence-corrected chi connectivity index (χ1v) is 14.6. The molecule has 0 radical (unpaired) electrons. The van der Waals surface area contributed by atoms with Crippen LogP contribution in [0.5, 0.6) is 5.75 Å². The van der Waals surface area contributed by atoms with E-state index in [1.165, 1.54) is 23.5 Å². The predicted molar refractivity (Wildman–Crippen MR) is 145 cm³/mol. The number of aromatic amines is 1. The molecule has 38 heavy (non-hydrogen) atoms. The summed E-state index contributed by atoms with van der Waals surface area (Å²) in [5.74, 6) is 1.37. The number of fused-ring (bicyclic) bond motifs is 1. The minimum absolute atomic E-state index is 0.104. The van der Waals surface area contributed by atoms with Gasteiger partial charge in [0.15, 0.2) is 11.3 Å². The number of nitrogens with zero attached hydrogens (tertiary/aromatic N) is 5. The van der Waals surface area contributed by atoms with Crippen molar-refractivity contribution >= 4 is 21.3 Å². The molecule has 12 heteroatoms. The van der Waals surface area contributed by atoms with Crippen LogP contribution in [0.1, 0.15) is 63.9 Å². The number of piperidine rings is 1. The molecule has 2 aromatic heterocycles. The number of hydrogen-bond acceptors (Lipinski definition) is 8. The molecule has 0 unspecified atom stereocenters. The Balaban J connectivity index is 1.74. The summed E-state index contributed by atoms with van der Waals surface area (Å²) in [4.78, 5) is 25.5. The van der Waals surface area contributed by atoms with Crippen LogP contribution in [-0.2, 0) is 21.3 Å². The minimum Gasteiger partial charge on any atom is -0.493 e. The first-order valence-electron chi connectivity index (χ1n) is 13.1. The summed E-state index contributed by atoms with van der Waals surface area (Å²) in [7, 11) is -2.31. The maximum Gasteiger partial charge on any atom is 0.277 e. The molecule has 3 aromatic rings. The quantitative estimate of drug-likeness (QED) is 0.288. The molecule has 206 valence electrons. The average molecular weight is 545 g/mol. The number of hydrogen-bond donors (Lipinski definition) is 1. The van der Waals surface area contributed by atoms with E-state index in [1.807, 2.05) is 6.92 Å². The molecule has 0 saturated carbocycles. The smallest absolute Gasteiger partial charge is 0.277 e. The Kier molecular flexibility index (Phi) is 8.83. The van der Waals surface area contributed by atoms with Crippen molar-refractivity contribution in [2.75, 3.05) is 26.8 Å². The fourth-order valence-corrected chi connectivity index (χ4v) is 6.19. The van der Waals surface area contributed by atoms with Crippen LogP contribution in [0, 0.1) is 6.92 Å². The van der Waals surface area contributed by atoms with Crippen LogP contribution in [0.25, 0.3) is 16.9 Å². The van der Waals surface area contributed by atoms with E-state index in [4.69, 9.17) is 14.7 Å². The van der Waals surface area contributed by atoms with Gasteiger partial charge in [-0.05, 0) is 38.5 Å². The fraction of sp³-hybridized carbons (Fsp3) is 0.538. The average Bonchev–Trinajstić information content (AvgIpc) is 3.23. The lowest BCUT2D eigenvalue weighted by atomic mass is 10.1. The molecule has 1 saturated heterocycles. The molecule has 0 bridgehead atoms. The van der Waals surface area contributed by atoms with Crippen molar-refractivity contribution in [2.45, 2.75) is 70.6 Å². The van der Waals surface area contributed by atoms with Crippen LogP contribution in [0.3, 0.4) is 0 Å². The van der Waals surface area contributed by atoms with Gasteiger partial charge in [0.1, 0.15) is 18.7 Å². The summed E-state index contributed by atoms with van der Waals surface area (Å²) in [5, 5.41) is 8.67. The zero-order valence-corrected chi connectivity index (χ0v) is 23.3. The summed E-state index contributed by atoms with van der Waals surface area (Å²) in [5.41, 5.74) is 1.90. The van der Waals surface area contributed by atoms with Crippen LogP contribution >= 0.6 is 0 Å². The number of oxime groups is 1. The van der Waals surface area contributed by atoms with E-state index < -0.39 is 10.0 Å². The highest BCUT2D eigenvalue weighted by Crippen LogP contribution is 2.32. The Morgan fingerprint density at radius 1 is 1.13 bits per heavy atom. The van der Waals surface area contributed by atoms with E-state index >= 15 is 0 Å². The Labute approximate surface area is 222 Å². The number of ether oxygens (including phenoxy) is 1. The number of aryl methyl sites for hydroxylation is 2. The first kappa shape index (κ1) is 27.8. The third kappa shape index (κ3) is 5.75. The maximum atomic E-state index is 13.5. The zero-order valence-electron chi connectivity index (χ0n) is 22.5. The van der Waals surface area contributed by atoms with E-state index in [-0.39, 0.29) is 16.3 Å². The highest BCUT2D eigenvalue weighted by atomic mass is 32.2. The summed E-state index contributed by atoms with van der Waals surface area (Å²) in [6.45, 7) is 6.78. The van der Waals surface area contributed by atoms with Crippen molar-refractivity contribution in [3.63, 3.8) is 0 Å². The fourth-order valence-electron chi connectivity index (χ4n) is 4.72. The standard InChI is InChI=1S/C26H36N6O5S/c1-5-7-8-9-10-23-27-18(3)24-26(33)28-25(29-32(23)24)21-17-20(11-12-22(21)37-6-2)38(34,35)31-15-13-19(14-16-31)30-36-4/h11-12,17H,5-10,13-16H2,1-4H3,(H,28,29,33). The predicted octanol–water partition coefficient (Wildman–Crippen LogP) is 3.70. The number of benzene rings is 1. The molecule has 0 spiro atoms. The van der Waals surface area contributed by atoms with Gasteiger partial charge in [-0.3, -0.25) is 4.79 Å². The molecule has 0 aliphatic carbocycles. The van der Waals surface area contributed by atoms with Crippen molar-refractivity contribution in [3.8, 4) is 17.1 Å². The molecule has 1 N–H and O–H groups in total. The molecule has 4 rings (SSSR count). The van der Waals surface area contributed by atoms with Crippen LogP contribution in [0.15, 0.2) is 33.0 Å². The Bertz CT molecular complexity index is 1470. The van der Waals surface area contributed by atoms with Gasteiger partial charge in [-0.1, -0.05) is 31.3 Å². The SMILES string of the molecule is CCCCCCc1nc(C)c2c(=O)[nH]c(-c3cc(S(=O)(=O)N4CCC(=NOC)CC4)ccc3OCC)nn12. The molecule has 1 aliphatic rings. The first-order chi connectivity index (χ1) is 18.3. The van der Waals surface area contributed by atoms with Crippen LogP contribution in [0.2, 0.25) is 0 Å². The van der Waals surface area contributed by atoms with Gasteiger partial charge in [-0.15, -0.1) is 5.10 Å². The molecule has 1 aliphatic heterocycles. The molecular formula is C26H36N6O5S. The second-order valence-corrected chi connectivity index (χ2v) is 11.3. The van der Waals surface area contributed by atoms with E-state index in [9.17, 15) is 13.2 Å². The second kappa shape index (κ2) is 12.1. The number of aromatic nitrogens is 4. The van der Waals surface area contributed by atoms with Crippen LogP contribution in [0.4, 0.5) is 0 Å². The summed E-state index contributed by atoms with van der Waals surface area (Å²) >= 11 is 0. The number of unbranched alkanes of at least 4 members (excludes halogenated alkanes) is 3. The highest BCUT2D eigenvalue weighted by molar-refractivity contribution is 7.89. The normalized spacial score (nSPS) is 14.7. The largest absolute Gasteiger partial charge is 0.493 e. The minimum atomic E-state index is -3.79. The van der Waals surface area contributed by atoms with Gasteiger partial charge in [0.05, 0.1) is 28.5 Å². The Morgan fingerprint density at radius 3 is 2.58 bits per heavy atom. The van der Waals surface area contributed by atoms with Gasteiger partial charge in [0.25, 0.3) is 5.56 Å². The van der Waals surface area contributed by atoms with Gasteiger partial charge in [0, 0.05) is 32.4 Å². The van der Waals surface area contributed by atoms with Crippen molar-refractivity contribution < 1.29 is 18.0 Å². The lowest BCUT2D eigenvalue weighted by molar-refractivity contribution is 0.209. The monoisotopic (exact) mass is 544 g/mol. The van der Waals surface area contributed by atoms with Crippen molar-refractivity contribution in [1.82, 2.24) is 23.9 Å². The number of H-pyrrole nitrogens is 1. The summed E-state index contributed by atoms with van der Waals surface area (Å²) in [6, 6.07) is 4.66. The number of sulfonamides is 1. The van der Waals surface area contributed by atoms with Gasteiger partial charge >= 0.3 is 0 Å². The molecule has 0 atom stereocenters. The number of nitrogens with one attached hydrogen (secondary N) is 1. The summed E-state index contributed by atoms with van der Waals surface area (Å²) < 4.78 is 35.9. The second-order valence-electron chi connectivity index (χ2n) is 9.32. The van der Waals surface area contributed by atoms with E-state index in [2.05, 4.69) is 22.0 Å². The van der Waals surface area contributed by atoms with Crippen molar-refractivity contribution in [1.29, 1.82) is 0 Å².